The molecule has 0 radical (unpaired) electrons. The van der Waals surface area contributed by atoms with Crippen LogP contribution in [0.2, 0.25) is 5.02 Å². The van der Waals surface area contributed by atoms with Crippen molar-refractivity contribution in [1.82, 2.24) is 5.32 Å². The highest BCUT2D eigenvalue weighted by Gasteiger charge is 2.52. The number of carbonyl (C=O) groups excluding carboxylic acids is 2. The first-order valence-electron chi connectivity index (χ1n) is 7.90. The minimum Gasteiger partial charge on any atom is -0.421 e. The molecule has 0 saturated heterocycles. The summed E-state index contributed by atoms with van der Waals surface area (Å²) in [5.41, 5.74) is -0.660. The second-order valence-corrected chi connectivity index (χ2v) is 7.39. The van der Waals surface area contributed by atoms with Crippen LogP contribution in [0.4, 0.5) is 5.69 Å². The third-order valence-electron chi connectivity index (χ3n) is 3.74. The van der Waals surface area contributed by atoms with E-state index in [9.17, 15) is 9.59 Å². The topological polar surface area (TPSA) is 67.4 Å². The number of fused-ring (bicyclic) bond motifs is 1. The molecule has 0 saturated carbocycles. The van der Waals surface area contributed by atoms with E-state index in [-0.39, 0.29) is 0 Å². The number of hydrogen-bond donors (Lipinski definition) is 2. The predicted octanol–water partition coefficient (Wildman–Crippen LogP) is 3.69. The van der Waals surface area contributed by atoms with Crippen molar-refractivity contribution in [3.63, 3.8) is 0 Å². The molecule has 1 unspecified atom stereocenters. The monoisotopic (exact) mass is 358 g/mol. The summed E-state index contributed by atoms with van der Waals surface area (Å²) in [6, 6.07) is 13.7. The van der Waals surface area contributed by atoms with Gasteiger partial charge >= 0.3 is 5.97 Å². The number of cyclic esters (lactones) is 1. The zero-order chi connectivity index (χ0) is 18.2. The molecule has 0 bridgehead atoms. The fourth-order valence-corrected chi connectivity index (χ4v) is 2.83. The summed E-state index contributed by atoms with van der Waals surface area (Å²) in [6.07, 6.45) is 0. The van der Waals surface area contributed by atoms with Gasteiger partial charge in [0.25, 0.3) is 11.6 Å². The lowest BCUT2D eigenvalue weighted by molar-refractivity contribution is -0.139. The Labute approximate surface area is 151 Å². The molecule has 25 heavy (non-hydrogen) atoms. The average Bonchev–Trinajstić information content (AvgIpc) is 2.82. The van der Waals surface area contributed by atoms with Crippen molar-refractivity contribution in [3.05, 3.63) is 64.7 Å². The first-order valence-corrected chi connectivity index (χ1v) is 8.28. The molecule has 2 aromatic carbocycles. The SMILES string of the molecule is CC(C)(C)NC(=O)C1(Nc2ccc(Cl)cc2)OC(=O)c2ccccc21. The van der Waals surface area contributed by atoms with Crippen molar-refractivity contribution in [2.24, 2.45) is 0 Å². The van der Waals surface area contributed by atoms with Crippen LogP contribution in [0.3, 0.4) is 0 Å². The molecular formula is C19H19ClN2O3. The van der Waals surface area contributed by atoms with Gasteiger partial charge in [0.05, 0.1) is 5.56 Å². The van der Waals surface area contributed by atoms with Crippen LogP contribution in [0.1, 0.15) is 36.7 Å². The van der Waals surface area contributed by atoms with Crippen molar-refractivity contribution in [2.45, 2.75) is 32.0 Å². The zero-order valence-corrected chi connectivity index (χ0v) is 15.0. The molecule has 0 aromatic heterocycles. The van der Waals surface area contributed by atoms with Crippen LogP contribution >= 0.6 is 11.6 Å². The summed E-state index contributed by atoms with van der Waals surface area (Å²) in [4.78, 5) is 25.4. The molecule has 5 nitrogen and oxygen atoms in total. The molecule has 2 aromatic rings. The van der Waals surface area contributed by atoms with E-state index < -0.39 is 23.1 Å². The number of carbonyl (C=O) groups is 2. The Hall–Kier alpha value is -2.53. The zero-order valence-electron chi connectivity index (χ0n) is 14.2. The molecule has 130 valence electrons. The van der Waals surface area contributed by atoms with Crippen molar-refractivity contribution >= 4 is 29.2 Å². The van der Waals surface area contributed by atoms with E-state index in [0.29, 0.717) is 21.8 Å². The first kappa shape index (κ1) is 17.3. The molecular weight excluding hydrogens is 340 g/mol. The normalized spacial score (nSPS) is 19.1. The van der Waals surface area contributed by atoms with Crippen LogP contribution in [0.5, 0.6) is 0 Å². The lowest BCUT2D eigenvalue weighted by Gasteiger charge is -2.33. The second kappa shape index (κ2) is 6.08. The van der Waals surface area contributed by atoms with E-state index in [4.69, 9.17) is 16.3 Å². The van der Waals surface area contributed by atoms with E-state index in [1.807, 2.05) is 20.8 Å². The van der Waals surface area contributed by atoms with Gasteiger partial charge in [-0.25, -0.2) is 4.79 Å². The maximum atomic E-state index is 13.1. The predicted molar refractivity (Wildman–Crippen MR) is 96.5 cm³/mol. The summed E-state index contributed by atoms with van der Waals surface area (Å²) in [5.74, 6) is -0.977. The highest BCUT2D eigenvalue weighted by Crippen LogP contribution is 2.38. The third-order valence-corrected chi connectivity index (χ3v) is 4.00. The Morgan fingerprint density at radius 3 is 2.36 bits per heavy atom. The van der Waals surface area contributed by atoms with Gasteiger partial charge in [-0.15, -0.1) is 0 Å². The summed E-state index contributed by atoms with van der Waals surface area (Å²) < 4.78 is 5.57. The number of rotatable bonds is 3. The van der Waals surface area contributed by atoms with Crippen molar-refractivity contribution in [2.75, 3.05) is 5.32 Å². The number of hydrogen-bond acceptors (Lipinski definition) is 4. The molecule has 3 rings (SSSR count). The summed E-state index contributed by atoms with van der Waals surface area (Å²) in [7, 11) is 0. The smallest absolute Gasteiger partial charge is 0.341 e. The molecule has 1 amide bonds. The van der Waals surface area contributed by atoms with E-state index in [2.05, 4.69) is 10.6 Å². The largest absolute Gasteiger partial charge is 0.421 e. The molecule has 0 aliphatic carbocycles. The highest BCUT2D eigenvalue weighted by molar-refractivity contribution is 6.30. The standard InChI is InChI=1S/C19H19ClN2O3/c1-18(2,3)22-17(24)19(21-13-10-8-12(20)9-11-13)15-7-5-4-6-14(15)16(23)25-19/h4-11,21H,1-3H3,(H,22,24). The minimum absolute atomic E-state index is 0.369. The molecule has 1 heterocycles. The Morgan fingerprint density at radius 1 is 1.08 bits per heavy atom. The Bertz CT molecular complexity index is 827. The number of esters is 1. The quantitative estimate of drug-likeness (QED) is 0.821. The molecule has 2 N–H and O–H groups in total. The summed E-state index contributed by atoms with van der Waals surface area (Å²) in [6.45, 7) is 5.59. The van der Waals surface area contributed by atoms with Crippen LogP contribution in [-0.2, 0) is 15.3 Å². The molecule has 1 atom stereocenters. The van der Waals surface area contributed by atoms with E-state index in [0.717, 1.165) is 0 Å². The van der Waals surface area contributed by atoms with Gasteiger partial charge in [0.2, 0.25) is 0 Å². The summed E-state index contributed by atoms with van der Waals surface area (Å²) in [5, 5.41) is 6.54. The van der Waals surface area contributed by atoms with Gasteiger partial charge in [0, 0.05) is 21.8 Å². The lowest BCUT2D eigenvalue weighted by Crippen LogP contribution is -2.55. The van der Waals surface area contributed by atoms with Gasteiger partial charge < -0.3 is 15.4 Å². The summed E-state index contributed by atoms with van der Waals surface area (Å²) >= 11 is 5.92. The Balaban J connectivity index is 2.08. The number of anilines is 1. The molecule has 1 aliphatic heterocycles. The number of benzene rings is 2. The average molecular weight is 359 g/mol. The van der Waals surface area contributed by atoms with Crippen molar-refractivity contribution in [1.29, 1.82) is 0 Å². The Morgan fingerprint density at radius 2 is 1.72 bits per heavy atom. The van der Waals surface area contributed by atoms with Crippen LogP contribution < -0.4 is 10.6 Å². The van der Waals surface area contributed by atoms with Gasteiger partial charge in [-0.05, 0) is 51.1 Å². The maximum absolute atomic E-state index is 13.1. The van der Waals surface area contributed by atoms with E-state index in [1.165, 1.54) is 0 Å². The maximum Gasteiger partial charge on any atom is 0.341 e. The molecule has 1 aliphatic rings. The van der Waals surface area contributed by atoms with Crippen LogP contribution in [0, 0.1) is 0 Å². The number of amides is 1. The fourth-order valence-electron chi connectivity index (χ4n) is 2.70. The van der Waals surface area contributed by atoms with Gasteiger partial charge in [-0.2, -0.15) is 0 Å². The van der Waals surface area contributed by atoms with Gasteiger partial charge in [-0.1, -0.05) is 29.8 Å². The van der Waals surface area contributed by atoms with E-state index in [1.54, 1.807) is 48.5 Å². The second-order valence-electron chi connectivity index (χ2n) is 6.95. The van der Waals surface area contributed by atoms with Crippen LogP contribution in [0.25, 0.3) is 0 Å². The van der Waals surface area contributed by atoms with Crippen molar-refractivity contribution in [3.8, 4) is 0 Å². The van der Waals surface area contributed by atoms with Crippen molar-refractivity contribution < 1.29 is 14.3 Å². The minimum atomic E-state index is -1.63. The van der Waals surface area contributed by atoms with Crippen LogP contribution in [0.15, 0.2) is 48.5 Å². The number of halogens is 1. The van der Waals surface area contributed by atoms with Gasteiger partial charge in [-0.3, -0.25) is 4.79 Å². The molecule has 0 fully saturated rings. The third kappa shape index (κ3) is 3.33. The fraction of sp³-hybridized carbons (Fsp3) is 0.263. The highest BCUT2D eigenvalue weighted by atomic mass is 35.5. The van der Waals surface area contributed by atoms with Crippen LogP contribution in [-0.4, -0.2) is 17.4 Å². The van der Waals surface area contributed by atoms with E-state index >= 15 is 0 Å². The Kier molecular flexibility index (Phi) is 4.21. The van der Waals surface area contributed by atoms with Gasteiger partial charge in [0.15, 0.2) is 0 Å². The first-order chi connectivity index (χ1) is 11.7. The number of ether oxygens (including phenoxy) is 1. The molecule has 6 heteroatoms. The lowest BCUT2D eigenvalue weighted by atomic mass is 9.97. The molecule has 0 spiro atoms. The number of nitrogens with one attached hydrogen (secondary N) is 2. The van der Waals surface area contributed by atoms with Gasteiger partial charge in [0.1, 0.15) is 0 Å².